The summed E-state index contributed by atoms with van der Waals surface area (Å²) in [7, 11) is 0. The van der Waals surface area contributed by atoms with Crippen LogP contribution in [0.5, 0.6) is 11.5 Å². The first-order valence-corrected chi connectivity index (χ1v) is 6.23. The molecule has 0 aliphatic carbocycles. The van der Waals surface area contributed by atoms with Crippen LogP contribution in [-0.2, 0) is 12.7 Å². The summed E-state index contributed by atoms with van der Waals surface area (Å²) in [4.78, 5) is 16.8. The first kappa shape index (κ1) is 14.2. The van der Waals surface area contributed by atoms with Gasteiger partial charge in [0.2, 0.25) is 12.7 Å². The van der Waals surface area contributed by atoms with E-state index in [2.05, 4.69) is 15.3 Å². The van der Waals surface area contributed by atoms with E-state index < -0.39 is 17.4 Å². The maximum atomic E-state index is 12.6. The molecule has 9 heteroatoms. The molecule has 3 rings (SSSR count). The van der Waals surface area contributed by atoms with Crippen LogP contribution < -0.4 is 20.3 Å². The normalized spacial score (nSPS) is 13.2. The molecule has 0 fully saturated rings. The predicted molar refractivity (Wildman–Crippen MR) is 69.8 cm³/mol. The van der Waals surface area contributed by atoms with Crippen LogP contribution in [0.1, 0.15) is 11.3 Å². The van der Waals surface area contributed by atoms with E-state index in [-0.39, 0.29) is 19.3 Å². The number of fused-ring (bicyclic) bond motifs is 1. The summed E-state index contributed by atoms with van der Waals surface area (Å²) in [6, 6.07) is 5.53. The van der Waals surface area contributed by atoms with E-state index >= 15 is 0 Å². The van der Waals surface area contributed by atoms with Gasteiger partial charge in [-0.1, -0.05) is 6.07 Å². The lowest BCUT2D eigenvalue weighted by molar-refractivity contribution is -0.141. The predicted octanol–water partition coefficient (Wildman–Crippen LogP) is 2.13. The molecule has 1 aliphatic rings. The maximum Gasteiger partial charge on any atom is 0.433 e. The van der Waals surface area contributed by atoms with Gasteiger partial charge in [-0.05, 0) is 17.7 Å². The number of nitrogens with zero attached hydrogens (tertiary/aromatic N) is 1. The molecule has 1 aromatic heterocycles. The van der Waals surface area contributed by atoms with E-state index in [0.717, 1.165) is 5.56 Å². The number of aromatic nitrogens is 2. The Labute approximate surface area is 121 Å². The molecule has 22 heavy (non-hydrogen) atoms. The lowest BCUT2D eigenvalue weighted by atomic mass is 10.2. The molecule has 0 saturated heterocycles. The number of ether oxygens (including phenoxy) is 2. The average Bonchev–Trinajstić information content (AvgIpc) is 2.91. The van der Waals surface area contributed by atoms with Crippen LogP contribution in [0.25, 0.3) is 0 Å². The van der Waals surface area contributed by atoms with Gasteiger partial charge in [-0.15, -0.1) is 0 Å². The van der Waals surface area contributed by atoms with Crippen molar-refractivity contribution in [2.45, 2.75) is 12.7 Å². The van der Waals surface area contributed by atoms with Gasteiger partial charge in [-0.3, -0.25) is 9.78 Å². The number of nitrogens with one attached hydrogen (secondary N) is 2. The molecule has 2 N–H and O–H groups in total. The largest absolute Gasteiger partial charge is 0.454 e. The number of hydrogen-bond donors (Lipinski definition) is 2. The SMILES string of the molecule is O=c1cc(C(F)(F)F)nc(NCc2ccc3c(c2)OCO3)[nH]1. The van der Waals surface area contributed by atoms with Crippen molar-refractivity contribution in [2.24, 2.45) is 0 Å². The Morgan fingerprint density at radius 3 is 2.77 bits per heavy atom. The smallest absolute Gasteiger partial charge is 0.433 e. The minimum absolute atomic E-state index is 0.134. The Balaban J connectivity index is 1.76. The van der Waals surface area contributed by atoms with E-state index in [9.17, 15) is 18.0 Å². The van der Waals surface area contributed by atoms with Crippen LogP contribution in [0.3, 0.4) is 0 Å². The fourth-order valence-electron chi connectivity index (χ4n) is 1.92. The van der Waals surface area contributed by atoms with Crippen LogP contribution in [0.4, 0.5) is 19.1 Å². The van der Waals surface area contributed by atoms with Crippen molar-refractivity contribution in [3.8, 4) is 11.5 Å². The second-order valence-electron chi connectivity index (χ2n) is 4.52. The van der Waals surface area contributed by atoms with Crippen molar-refractivity contribution in [1.82, 2.24) is 9.97 Å². The molecular weight excluding hydrogens is 303 g/mol. The van der Waals surface area contributed by atoms with Crippen LogP contribution in [0, 0.1) is 0 Å². The van der Waals surface area contributed by atoms with Gasteiger partial charge in [-0.25, -0.2) is 4.98 Å². The Bertz CT molecular complexity index is 758. The summed E-state index contributed by atoms with van der Waals surface area (Å²) < 4.78 is 48.1. The number of rotatable bonds is 3. The monoisotopic (exact) mass is 313 g/mol. The van der Waals surface area contributed by atoms with Crippen LogP contribution >= 0.6 is 0 Å². The fraction of sp³-hybridized carbons (Fsp3) is 0.231. The van der Waals surface area contributed by atoms with Gasteiger partial charge in [0.1, 0.15) is 0 Å². The van der Waals surface area contributed by atoms with Gasteiger partial charge < -0.3 is 14.8 Å². The van der Waals surface area contributed by atoms with Gasteiger partial charge in [-0.2, -0.15) is 13.2 Å². The molecule has 1 aromatic carbocycles. The van der Waals surface area contributed by atoms with E-state index in [1.807, 2.05) is 0 Å². The van der Waals surface area contributed by atoms with Crippen molar-refractivity contribution < 1.29 is 22.6 Å². The lowest BCUT2D eigenvalue weighted by Gasteiger charge is -2.09. The summed E-state index contributed by atoms with van der Waals surface area (Å²) in [5, 5.41) is 2.64. The van der Waals surface area contributed by atoms with Crippen LogP contribution in [0.2, 0.25) is 0 Å². The Morgan fingerprint density at radius 2 is 2.00 bits per heavy atom. The molecule has 116 valence electrons. The van der Waals surface area contributed by atoms with E-state index in [0.29, 0.717) is 17.6 Å². The fourth-order valence-corrected chi connectivity index (χ4v) is 1.92. The van der Waals surface area contributed by atoms with Gasteiger partial charge >= 0.3 is 6.18 Å². The lowest BCUT2D eigenvalue weighted by Crippen LogP contribution is -2.18. The molecule has 1 aliphatic heterocycles. The Hall–Kier alpha value is -2.71. The zero-order valence-electron chi connectivity index (χ0n) is 11.0. The number of anilines is 1. The number of halogens is 3. The average molecular weight is 313 g/mol. The van der Waals surface area contributed by atoms with Crippen LogP contribution in [-0.4, -0.2) is 16.8 Å². The van der Waals surface area contributed by atoms with Gasteiger partial charge in [0.25, 0.3) is 5.56 Å². The Kier molecular flexibility index (Phi) is 3.39. The molecule has 0 atom stereocenters. The summed E-state index contributed by atoms with van der Waals surface area (Å²) in [6.45, 7) is 0.301. The third-order valence-electron chi connectivity index (χ3n) is 2.93. The highest BCUT2D eigenvalue weighted by atomic mass is 19.4. The molecule has 2 aromatic rings. The van der Waals surface area contributed by atoms with Crippen molar-refractivity contribution in [3.05, 3.63) is 45.9 Å². The highest BCUT2D eigenvalue weighted by Gasteiger charge is 2.33. The summed E-state index contributed by atoms with van der Waals surface area (Å²) in [5.74, 6) is 0.914. The summed E-state index contributed by atoms with van der Waals surface area (Å²) in [6.07, 6.45) is -4.68. The molecule has 0 unspecified atom stereocenters. The first-order chi connectivity index (χ1) is 10.4. The number of hydrogen-bond acceptors (Lipinski definition) is 5. The number of aromatic amines is 1. The third-order valence-corrected chi connectivity index (χ3v) is 2.93. The maximum absolute atomic E-state index is 12.6. The molecule has 6 nitrogen and oxygen atoms in total. The topological polar surface area (TPSA) is 76.2 Å². The number of alkyl halides is 3. The molecule has 0 amide bonds. The van der Waals surface area contributed by atoms with Crippen molar-refractivity contribution in [3.63, 3.8) is 0 Å². The van der Waals surface area contributed by atoms with E-state index in [4.69, 9.17) is 9.47 Å². The molecule has 2 heterocycles. The van der Waals surface area contributed by atoms with Crippen molar-refractivity contribution in [1.29, 1.82) is 0 Å². The van der Waals surface area contributed by atoms with Crippen molar-refractivity contribution in [2.75, 3.05) is 12.1 Å². The highest BCUT2D eigenvalue weighted by Crippen LogP contribution is 2.32. The van der Waals surface area contributed by atoms with Crippen molar-refractivity contribution >= 4 is 5.95 Å². The summed E-state index contributed by atoms with van der Waals surface area (Å²) >= 11 is 0. The second-order valence-corrected chi connectivity index (χ2v) is 4.52. The molecule has 0 bridgehead atoms. The zero-order chi connectivity index (χ0) is 15.7. The quantitative estimate of drug-likeness (QED) is 0.908. The molecule has 0 spiro atoms. The number of H-pyrrole nitrogens is 1. The molecule has 0 radical (unpaired) electrons. The molecular formula is C13H10F3N3O3. The Morgan fingerprint density at radius 1 is 1.23 bits per heavy atom. The summed E-state index contributed by atoms with van der Waals surface area (Å²) in [5.41, 5.74) is -1.38. The van der Waals surface area contributed by atoms with Gasteiger partial charge in [0, 0.05) is 12.6 Å². The minimum Gasteiger partial charge on any atom is -0.454 e. The standard InChI is InChI=1S/C13H10F3N3O3/c14-13(15,16)10-4-11(20)19-12(18-10)17-5-7-1-2-8-9(3-7)22-6-21-8/h1-4H,5-6H2,(H2,17,18,19,20). The van der Waals surface area contributed by atoms with Gasteiger partial charge in [0.15, 0.2) is 17.2 Å². The highest BCUT2D eigenvalue weighted by molar-refractivity contribution is 5.45. The number of benzene rings is 1. The molecule has 0 saturated carbocycles. The van der Waals surface area contributed by atoms with Crippen LogP contribution in [0.15, 0.2) is 29.1 Å². The third kappa shape index (κ3) is 2.97. The second kappa shape index (κ2) is 5.24. The van der Waals surface area contributed by atoms with E-state index in [1.54, 1.807) is 18.2 Å². The first-order valence-electron chi connectivity index (χ1n) is 6.23. The van der Waals surface area contributed by atoms with Gasteiger partial charge in [0.05, 0.1) is 0 Å². The minimum atomic E-state index is -4.68. The van der Waals surface area contributed by atoms with E-state index in [1.165, 1.54) is 0 Å². The zero-order valence-corrected chi connectivity index (χ0v) is 11.0.